The number of ether oxygens (including phenoxy) is 1. The Morgan fingerprint density at radius 1 is 1.23 bits per heavy atom. The number of sulfonamides is 1. The van der Waals surface area contributed by atoms with Crippen LogP contribution in [0.1, 0.15) is 12.5 Å². The highest BCUT2D eigenvalue weighted by atomic mass is 32.2. The van der Waals surface area contributed by atoms with E-state index < -0.39 is 10.0 Å². The van der Waals surface area contributed by atoms with Gasteiger partial charge in [0, 0.05) is 18.6 Å². The summed E-state index contributed by atoms with van der Waals surface area (Å²) < 4.78 is 31.0. The van der Waals surface area contributed by atoms with Crippen molar-refractivity contribution in [3.8, 4) is 0 Å². The van der Waals surface area contributed by atoms with Gasteiger partial charge in [-0.05, 0) is 41.6 Å². The highest BCUT2D eigenvalue weighted by Gasteiger charge is 2.13. The van der Waals surface area contributed by atoms with Gasteiger partial charge in [0.15, 0.2) is 4.80 Å². The number of thioether (sulfide) groups is 1. The van der Waals surface area contributed by atoms with Gasteiger partial charge in [-0.2, -0.15) is 4.99 Å². The average molecular weight is 466 g/mol. The van der Waals surface area contributed by atoms with Crippen LogP contribution in [0.4, 0.5) is 0 Å². The SMILES string of the molecule is CCSc1ccc(CC(=O)N=c2sc3cc(S(N)(=O)=O)ccc3n2CCOC)cc1. The summed E-state index contributed by atoms with van der Waals surface area (Å²) in [4.78, 5) is 18.6. The van der Waals surface area contributed by atoms with Crippen molar-refractivity contribution in [3.63, 3.8) is 0 Å². The summed E-state index contributed by atoms with van der Waals surface area (Å²) >= 11 is 3.00. The molecule has 2 aromatic carbocycles. The van der Waals surface area contributed by atoms with Gasteiger partial charge >= 0.3 is 0 Å². The number of primary sulfonamides is 1. The number of thiazole rings is 1. The molecule has 10 heteroatoms. The van der Waals surface area contributed by atoms with E-state index in [0.29, 0.717) is 22.7 Å². The average Bonchev–Trinajstić information content (AvgIpc) is 3.03. The number of nitrogens with two attached hydrogens (primary N) is 1. The summed E-state index contributed by atoms with van der Waals surface area (Å²) in [6.45, 7) is 3.01. The molecule has 1 amide bonds. The smallest absolute Gasteiger partial charge is 0.252 e. The maximum Gasteiger partial charge on any atom is 0.252 e. The van der Waals surface area contributed by atoms with E-state index in [2.05, 4.69) is 11.9 Å². The first-order chi connectivity index (χ1) is 14.3. The van der Waals surface area contributed by atoms with Crippen molar-refractivity contribution in [3.05, 3.63) is 52.8 Å². The Labute approximate surface area is 183 Å². The Kier molecular flexibility index (Phi) is 7.48. The predicted molar refractivity (Wildman–Crippen MR) is 120 cm³/mol. The molecular weight excluding hydrogens is 442 g/mol. The minimum Gasteiger partial charge on any atom is -0.383 e. The molecule has 3 aromatic rings. The van der Waals surface area contributed by atoms with Gasteiger partial charge in [0.1, 0.15) is 0 Å². The Morgan fingerprint density at radius 2 is 1.97 bits per heavy atom. The third-order valence-electron chi connectivity index (χ3n) is 4.31. The van der Waals surface area contributed by atoms with Crippen LogP contribution in [0.25, 0.3) is 10.2 Å². The van der Waals surface area contributed by atoms with E-state index >= 15 is 0 Å². The van der Waals surface area contributed by atoms with Crippen molar-refractivity contribution >= 4 is 49.2 Å². The highest BCUT2D eigenvalue weighted by molar-refractivity contribution is 7.99. The molecule has 0 saturated heterocycles. The van der Waals surface area contributed by atoms with Gasteiger partial charge in [-0.3, -0.25) is 4.79 Å². The minimum absolute atomic E-state index is 0.0260. The lowest BCUT2D eigenvalue weighted by atomic mass is 10.1. The summed E-state index contributed by atoms with van der Waals surface area (Å²) in [5.41, 5.74) is 1.67. The van der Waals surface area contributed by atoms with Crippen molar-refractivity contribution in [2.24, 2.45) is 10.1 Å². The van der Waals surface area contributed by atoms with Crippen molar-refractivity contribution in [2.45, 2.75) is 29.7 Å². The predicted octanol–water partition coefficient (Wildman–Crippen LogP) is 2.78. The van der Waals surface area contributed by atoms with Gasteiger partial charge in [0.25, 0.3) is 5.91 Å². The molecular formula is C20H23N3O4S3. The number of carbonyl (C=O) groups excluding carboxylic acids is 1. The molecule has 0 spiro atoms. The number of aromatic nitrogens is 1. The first kappa shape index (κ1) is 22.7. The maximum absolute atomic E-state index is 12.6. The first-order valence-electron chi connectivity index (χ1n) is 9.26. The third-order valence-corrected chi connectivity index (χ3v) is 7.16. The van der Waals surface area contributed by atoms with Gasteiger partial charge < -0.3 is 9.30 Å². The summed E-state index contributed by atoms with van der Waals surface area (Å²) in [6.07, 6.45) is 0.192. The van der Waals surface area contributed by atoms with Gasteiger partial charge in [0.2, 0.25) is 10.0 Å². The fourth-order valence-electron chi connectivity index (χ4n) is 2.91. The first-order valence-corrected chi connectivity index (χ1v) is 12.6. The normalized spacial score (nSPS) is 12.6. The molecule has 1 heterocycles. The van der Waals surface area contributed by atoms with Crippen LogP contribution in [0.3, 0.4) is 0 Å². The molecule has 3 rings (SSSR count). The van der Waals surface area contributed by atoms with E-state index in [4.69, 9.17) is 9.88 Å². The third kappa shape index (κ3) is 5.58. The van der Waals surface area contributed by atoms with E-state index in [1.165, 1.54) is 28.4 Å². The number of benzene rings is 2. The van der Waals surface area contributed by atoms with Crippen LogP contribution in [0.5, 0.6) is 0 Å². The molecule has 0 aliphatic heterocycles. The molecule has 0 bridgehead atoms. The van der Waals surface area contributed by atoms with Crippen molar-refractivity contribution in [2.75, 3.05) is 19.5 Å². The monoisotopic (exact) mass is 465 g/mol. The van der Waals surface area contributed by atoms with Crippen LogP contribution in [0, 0.1) is 0 Å². The van der Waals surface area contributed by atoms with Crippen LogP contribution in [-0.4, -0.2) is 38.4 Å². The molecule has 7 nitrogen and oxygen atoms in total. The summed E-state index contributed by atoms with van der Waals surface area (Å²) in [6, 6.07) is 12.5. The lowest BCUT2D eigenvalue weighted by Gasteiger charge is -2.05. The fourth-order valence-corrected chi connectivity index (χ4v) is 5.29. The topological polar surface area (TPSA) is 104 Å². The molecule has 30 heavy (non-hydrogen) atoms. The number of amides is 1. The summed E-state index contributed by atoms with van der Waals surface area (Å²) in [5.74, 6) is 0.726. The number of nitrogens with zero attached hydrogens (tertiary/aromatic N) is 2. The lowest BCUT2D eigenvalue weighted by molar-refractivity contribution is -0.117. The van der Waals surface area contributed by atoms with E-state index in [-0.39, 0.29) is 17.2 Å². The zero-order valence-electron chi connectivity index (χ0n) is 16.7. The van der Waals surface area contributed by atoms with Crippen LogP contribution in [0.2, 0.25) is 0 Å². The van der Waals surface area contributed by atoms with Gasteiger partial charge in [0.05, 0.1) is 28.1 Å². The molecule has 0 aliphatic carbocycles. The molecule has 0 aliphatic rings. The number of hydrogen-bond donors (Lipinski definition) is 1. The second-order valence-electron chi connectivity index (χ2n) is 6.46. The van der Waals surface area contributed by atoms with Gasteiger partial charge in [-0.25, -0.2) is 13.6 Å². The molecule has 0 radical (unpaired) electrons. The highest BCUT2D eigenvalue weighted by Crippen LogP contribution is 2.22. The molecule has 160 valence electrons. The van der Waals surface area contributed by atoms with Crippen LogP contribution < -0.4 is 9.94 Å². The fraction of sp³-hybridized carbons (Fsp3) is 0.300. The quantitative estimate of drug-likeness (QED) is 0.515. The van der Waals surface area contributed by atoms with Crippen molar-refractivity contribution in [1.29, 1.82) is 0 Å². The number of rotatable bonds is 8. The largest absolute Gasteiger partial charge is 0.383 e. The Balaban J connectivity index is 1.95. The van der Waals surface area contributed by atoms with Crippen molar-refractivity contribution < 1.29 is 17.9 Å². The Hall–Kier alpha value is -1.98. The molecule has 2 N–H and O–H groups in total. The minimum atomic E-state index is -3.81. The second kappa shape index (κ2) is 9.88. The summed E-state index contributed by atoms with van der Waals surface area (Å²) in [5, 5.41) is 5.24. The van der Waals surface area contributed by atoms with Crippen LogP contribution >= 0.6 is 23.1 Å². The lowest BCUT2D eigenvalue weighted by Crippen LogP contribution is -2.19. The molecule has 0 atom stereocenters. The van der Waals surface area contributed by atoms with Crippen LogP contribution in [0.15, 0.2) is 57.2 Å². The molecule has 0 fully saturated rings. The van der Waals surface area contributed by atoms with E-state index in [9.17, 15) is 13.2 Å². The van der Waals surface area contributed by atoms with Gasteiger partial charge in [-0.1, -0.05) is 30.4 Å². The number of hydrogen-bond acceptors (Lipinski definition) is 6. The van der Waals surface area contributed by atoms with Crippen LogP contribution in [-0.2, 0) is 32.5 Å². The van der Waals surface area contributed by atoms with E-state index in [0.717, 1.165) is 16.8 Å². The Morgan fingerprint density at radius 3 is 2.60 bits per heavy atom. The van der Waals surface area contributed by atoms with E-state index in [1.807, 2.05) is 28.8 Å². The number of methoxy groups -OCH3 is 1. The number of fused-ring (bicyclic) bond motifs is 1. The Bertz CT molecular complexity index is 1210. The van der Waals surface area contributed by atoms with E-state index in [1.54, 1.807) is 24.9 Å². The molecule has 0 unspecified atom stereocenters. The molecule has 0 saturated carbocycles. The van der Waals surface area contributed by atoms with Gasteiger partial charge in [-0.15, -0.1) is 11.8 Å². The maximum atomic E-state index is 12.6. The summed E-state index contributed by atoms with van der Waals surface area (Å²) in [7, 11) is -2.22. The zero-order chi connectivity index (χ0) is 21.7. The second-order valence-corrected chi connectivity index (χ2v) is 10.4. The molecule has 1 aromatic heterocycles. The zero-order valence-corrected chi connectivity index (χ0v) is 19.1. The number of carbonyl (C=O) groups is 1. The van der Waals surface area contributed by atoms with Crippen molar-refractivity contribution in [1.82, 2.24) is 4.57 Å². The standard InChI is InChI=1S/C20H23N3O4S3/c1-3-28-15-6-4-14(5-7-15)12-19(24)22-20-23(10-11-27-2)17-9-8-16(30(21,25)26)13-18(17)29-20/h4-9,13H,3,10-12H2,1-2H3,(H2,21,25,26).